The fourth-order valence-electron chi connectivity index (χ4n) is 2.47. The van der Waals surface area contributed by atoms with Gasteiger partial charge < -0.3 is 15.1 Å². The lowest BCUT2D eigenvalue weighted by Gasteiger charge is -2.25. The number of likely N-dealkylation sites (N-methyl/N-ethyl adjacent to an activating group) is 2. The highest BCUT2D eigenvalue weighted by Gasteiger charge is 2.24. The van der Waals surface area contributed by atoms with Gasteiger partial charge in [0.15, 0.2) is 0 Å². The Labute approximate surface area is 127 Å². The topological polar surface area (TPSA) is 53.4 Å². The molecular weight excluding hydrogens is 266 g/mol. The molecule has 0 atom stereocenters. The predicted octanol–water partition coefficient (Wildman–Crippen LogP) is 0.895. The molecule has 6 nitrogen and oxygen atoms in total. The third-order valence-corrected chi connectivity index (χ3v) is 3.96. The lowest BCUT2D eigenvalue weighted by Crippen LogP contribution is -2.38. The van der Waals surface area contributed by atoms with E-state index in [1.165, 1.54) is 18.4 Å². The highest BCUT2D eigenvalue weighted by molar-refractivity contribution is 5.81. The minimum absolute atomic E-state index is 0.108. The van der Waals surface area contributed by atoms with Crippen molar-refractivity contribution in [1.82, 2.24) is 20.0 Å². The molecule has 0 aromatic carbocycles. The number of aromatic nitrogens is 2. The summed E-state index contributed by atoms with van der Waals surface area (Å²) in [5.74, 6) is 1.16. The van der Waals surface area contributed by atoms with Crippen LogP contribution < -0.4 is 10.2 Å². The molecule has 0 aliphatic heterocycles. The van der Waals surface area contributed by atoms with Gasteiger partial charge in [0.1, 0.15) is 5.82 Å². The molecule has 0 bridgehead atoms. The van der Waals surface area contributed by atoms with Gasteiger partial charge in [-0.15, -0.1) is 0 Å². The molecule has 1 heterocycles. The summed E-state index contributed by atoms with van der Waals surface area (Å²) in [6, 6.07) is 0.663. The van der Waals surface area contributed by atoms with E-state index in [1.807, 2.05) is 18.7 Å². The second-order valence-corrected chi connectivity index (χ2v) is 5.97. The average molecular weight is 293 g/mol. The van der Waals surface area contributed by atoms with Crippen molar-refractivity contribution in [3.63, 3.8) is 0 Å². The Morgan fingerprint density at radius 1 is 1.43 bits per heavy atom. The van der Waals surface area contributed by atoms with E-state index in [0.29, 0.717) is 12.6 Å². The number of nitrogens with zero attached hydrogens (tertiary/aromatic N) is 4. The standard InChI is InChI=1S/C15H27N5O/c1-6-20(10-14(21)18(3)4)15-13(9-16-12-7-8-12)11(2)17-19(15)5/h12,16H,6-10H2,1-5H3. The van der Waals surface area contributed by atoms with Gasteiger partial charge in [-0.2, -0.15) is 5.10 Å². The molecule has 1 fully saturated rings. The highest BCUT2D eigenvalue weighted by Crippen LogP contribution is 2.25. The van der Waals surface area contributed by atoms with Crippen LogP contribution >= 0.6 is 0 Å². The third kappa shape index (κ3) is 3.75. The fraction of sp³-hybridized carbons (Fsp3) is 0.733. The highest BCUT2D eigenvalue weighted by atomic mass is 16.2. The monoisotopic (exact) mass is 293 g/mol. The number of hydrogen-bond acceptors (Lipinski definition) is 4. The molecular formula is C15H27N5O. The van der Waals surface area contributed by atoms with Crippen LogP contribution in [0.15, 0.2) is 0 Å². The molecule has 1 N–H and O–H groups in total. The summed E-state index contributed by atoms with van der Waals surface area (Å²) >= 11 is 0. The van der Waals surface area contributed by atoms with Gasteiger partial charge in [-0.3, -0.25) is 9.48 Å². The number of hydrogen-bond donors (Lipinski definition) is 1. The Morgan fingerprint density at radius 2 is 2.10 bits per heavy atom. The zero-order valence-electron chi connectivity index (χ0n) is 13.8. The van der Waals surface area contributed by atoms with Crippen molar-refractivity contribution in [2.75, 3.05) is 32.1 Å². The molecule has 2 rings (SSSR count). The maximum Gasteiger partial charge on any atom is 0.241 e. The molecule has 0 saturated heterocycles. The van der Waals surface area contributed by atoms with E-state index in [0.717, 1.165) is 24.6 Å². The number of nitrogens with one attached hydrogen (secondary N) is 1. The molecule has 1 amide bonds. The van der Waals surface area contributed by atoms with Crippen LogP contribution in [0, 0.1) is 6.92 Å². The Bertz CT molecular complexity index is 504. The first-order valence-electron chi connectivity index (χ1n) is 7.65. The van der Waals surface area contributed by atoms with E-state index in [-0.39, 0.29) is 5.91 Å². The van der Waals surface area contributed by atoms with E-state index in [9.17, 15) is 4.79 Å². The zero-order chi connectivity index (χ0) is 15.6. The molecule has 0 radical (unpaired) electrons. The maximum absolute atomic E-state index is 12.0. The van der Waals surface area contributed by atoms with Gasteiger partial charge in [-0.05, 0) is 26.7 Å². The summed E-state index contributed by atoms with van der Waals surface area (Å²) in [6.07, 6.45) is 2.54. The van der Waals surface area contributed by atoms with Crippen molar-refractivity contribution in [1.29, 1.82) is 0 Å². The Kier molecular flexibility index (Phi) is 4.88. The lowest BCUT2D eigenvalue weighted by molar-refractivity contribution is -0.127. The lowest BCUT2D eigenvalue weighted by atomic mass is 10.2. The molecule has 1 aliphatic rings. The van der Waals surface area contributed by atoms with Gasteiger partial charge in [0, 0.05) is 45.8 Å². The molecule has 118 valence electrons. The summed E-state index contributed by atoms with van der Waals surface area (Å²) in [5.41, 5.74) is 2.24. The number of rotatable bonds is 7. The van der Waals surface area contributed by atoms with Gasteiger partial charge in [0.2, 0.25) is 5.91 Å². The van der Waals surface area contributed by atoms with Gasteiger partial charge >= 0.3 is 0 Å². The van der Waals surface area contributed by atoms with E-state index in [2.05, 4.69) is 22.2 Å². The number of carbonyl (C=O) groups excluding carboxylic acids is 1. The van der Waals surface area contributed by atoms with Crippen LogP contribution in [0.25, 0.3) is 0 Å². The minimum atomic E-state index is 0.108. The second-order valence-electron chi connectivity index (χ2n) is 5.97. The molecule has 0 unspecified atom stereocenters. The van der Waals surface area contributed by atoms with Crippen LogP contribution in [0.2, 0.25) is 0 Å². The van der Waals surface area contributed by atoms with E-state index in [4.69, 9.17) is 0 Å². The maximum atomic E-state index is 12.0. The van der Waals surface area contributed by atoms with Gasteiger partial charge in [0.05, 0.1) is 12.2 Å². The Balaban J connectivity index is 2.19. The van der Waals surface area contributed by atoms with Crippen molar-refractivity contribution in [3.8, 4) is 0 Å². The van der Waals surface area contributed by atoms with Crippen LogP contribution in [0.1, 0.15) is 31.0 Å². The Morgan fingerprint density at radius 3 is 2.62 bits per heavy atom. The molecule has 1 aromatic heterocycles. The quantitative estimate of drug-likeness (QED) is 0.811. The minimum Gasteiger partial charge on any atom is -0.348 e. The molecule has 1 aromatic rings. The van der Waals surface area contributed by atoms with Crippen LogP contribution in [0.5, 0.6) is 0 Å². The van der Waals surface area contributed by atoms with Crippen molar-refractivity contribution < 1.29 is 4.79 Å². The molecule has 6 heteroatoms. The zero-order valence-corrected chi connectivity index (χ0v) is 13.8. The van der Waals surface area contributed by atoms with Crippen LogP contribution in [-0.2, 0) is 18.4 Å². The van der Waals surface area contributed by atoms with Gasteiger partial charge in [-0.1, -0.05) is 0 Å². The summed E-state index contributed by atoms with van der Waals surface area (Å²) in [7, 11) is 5.53. The van der Waals surface area contributed by atoms with E-state index >= 15 is 0 Å². The largest absolute Gasteiger partial charge is 0.348 e. The van der Waals surface area contributed by atoms with Crippen LogP contribution in [0.3, 0.4) is 0 Å². The smallest absolute Gasteiger partial charge is 0.241 e. The average Bonchev–Trinajstić information content (AvgIpc) is 3.20. The number of anilines is 1. The van der Waals surface area contributed by atoms with Crippen LogP contribution in [0.4, 0.5) is 5.82 Å². The molecule has 0 spiro atoms. The molecule has 21 heavy (non-hydrogen) atoms. The SMILES string of the molecule is CCN(CC(=O)N(C)C)c1c(CNC2CC2)c(C)nn1C. The van der Waals surface area contributed by atoms with Crippen molar-refractivity contribution in [3.05, 3.63) is 11.3 Å². The van der Waals surface area contributed by atoms with Crippen molar-refractivity contribution >= 4 is 11.7 Å². The third-order valence-electron chi connectivity index (χ3n) is 3.96. The summed E-state index contributed by atoms with van der Waals surface area (Å²) in [6.45, 7) is 6.11. The first-order valence-corrected chi connectivity index (χ1v) is 7.65. The first-order chi connectivity index (χ1) is 9.93. The van der Waals surface area contributed by atoms with Gasteiger partial charge in [0.25, 0.3) is 0 Å². The second kappa shape index (κ2) is 6.47. The molecule has 1 saturated carbocycles. The fourth-order valence-corrected chi connectivity index (χ4v) is 2.47. The summed E-state index contributed by atoms with van der Waals surface area (Å²) in [4.78, 5) is 15.8. The number of amides is 1. The van der Waals surface area contributed by atoms with Gasteiger partial charge in [-0.25, -0.2) is 0 Å². The normalized spacial score (nSPS) is 14.3. The molecule has 1 aliphatic carbocycles. The summed E-state index contributed by atoms with van der Waals surface area (Å²) in [5, 5.41) is 8.09. The van der Waals surface area contributed by atoms with Crippen LogP contribution in [-0.4, -0.2) is 53.8 Å². The number of carbonyl (C=O) groups is 1. The first kappa shape index (κ1) is 15.8. The van der Waals surface area contributed by atoms with Crippen molar-refractivity contribution in [2.24, 2.45) is 7.05 Å². The van der Waals surface area contributed by atoms with E-state index in [1.54, 1.807) is 19.0 Å². The van der Waals surface area contributed by atoms with Crippen molar-refractivity contribution in [2.45, 2.75) is 39.3 Å². The predicted molar refractivity (Wildman–Crippen MR) is 84.4 cm³/mol. The summed E-state index contributed by atoms with van der Waals surface area (Å²) < 4.78 is 1.89. The Hall–Kier alpha value is -1.56. The number of aryl methyl sites for hydroxylation is 2. The van der Waals surface area contributed by atoms with E-state index < -0.39 is 0 Å².